The Morgan fingerprint density at radius 3 is 2.77 bits per heavy atom. The average Bonchev–Trinajstić information content (AvgIpc) is 2.52. The molecule has 1 unspecified atom stereocenters. The van der Waals surface area contributed by atoms with Gasteiger partial charge in [0.1, 0.15) is 11.8 Å². The topological polar surface area (TPSA) is 110 Å². The van der Waals surface area contributed by atoms with Crippen molar-refractivity contribution in [2.24, 2.45) is 5.73 Å². The molecule has 3 N–H and O–H groups in total. The van der Waals surface area contributed by atoms with Crippen molar-refractivity contribution in [3.63, 3.8) is 0 Å². The number of carboxylic acids is 1. The SMILES string of the molecule is NC(=O)COc1cccc(C(=O)N2CCCCC2C(=O)O)c1. The Morgan fingerprint density at radius 1 is 1.32 bits per heavy atom. The molecule has 0 bridgehead atoms. The van der Waals surface area contributed by atoms with Gasteiger partial charge in [-0.25, -0.2) is 4.79 Å². The fourth-order valence-electron chi connectivity index (χ4n) is 2.47. The highest BCUT2D eigenvalue weighted by atomic mass is 16.5. The zero-order chi connectivity index (χ0) is 16.1. The van der Waals surface area contributed by atoms with Crippen molar-refractivity contribution in [1.82, 2.24) is 4.90 Å². The zero-order valence-corrected chi connectivity index (χ0v) is 12.0. The first-order valence-corrected chi connectivity index (χ1v) is 7.04. The van der Waals surface area contributed by atoms with Gasteiger partial charge in [-0.3, -0.25) is 9.59 Å². The summed E-state index contributed by atoms with van der Waals surface area (Å²) in [7, 11) is 0. The van der Waals surface area contributed by atoms with E-state index >= 15 is 0 Å². The summed E-state index contributed by atoms with van der Waals surface area (Å²) in [4.78, 5) is 35.9. The minimum atomic E-state index is -0.991. The molecule has 0 saturated carbocycles. The lowest BCUT2D eigenvalue weighted by Crippen LogP contribution is -2.47. The molecule has 1 atom stereocenters. The maximum atomic E-state index is 12.5. The van der Waals surface area contributed by atoms with E-state index < -0.39 is 17.9 Å². The van der Waals surface area contributed by atoms with Crippen LogP contribution in [0.25, 0.3) is 0 Å². The summed E-state index contributed by atoms with van der Waals surface area (Å²) in [6.07, 6.45) is 2.04. The molecule has 22 heavy (non-hydrogen) atoms. The third kappa shape index (κ3) is 3.75. The van der Waals surface area contributed by atoms with Crippen LogP contribution >= 0.6 is 0 Å². The van der Waals surface area contributed by atoms with Gasteiger partial charge in [0.15, 0.2) is 6.61 Å². The highest BCUT2D eigenvalue weighted by Gasteiger charge is 2.32. The number of carbonyl (C=O) groups is 3. The van der Waals surface area contributed by atoms with Gasteiger partial charge in [-0.1, -0.05) is 6.07 Å². The molecular weight excluding hydrogens is 288 g/mol. The largest absolute Gasteiger partial charge is 0.484 e. The van der Waals surface area contributed by atoms with Crippen LogP contribution in [0.1, 0.15) is 29.6 Å². The number of nitrogens with zero attached hydrogens (tertiary/aromatic N) is 1. The van der Waals surface area contributed by atoms with Crippen molar-refractivity contribution in [2.45, 2.75) is 25.3 Å². The minimum absolute atomic E-state index is 0.279. The molecule has 1 aromatic rings. The van der Waals surface area contributed by atoms with Gasteiger partial charge >= 0.3 is 5.97 Å². The van der Waals surface area contributed by atoms with Crippen LogP contribution in [0.15, 0.2) is 24.3 Å². The van der Waals surface area contributed by atoms with E-state index in [1.54, 1.807) is 18.2 Å². The summed E-state index contributed by atoms with van der Waals surface area (Å²) in [6.45, 7) is 0.140. The molecule has 0 spiro atoms. The first-order valence-electron chi connectivity index (χ1n) is 7.04. The molecule has 0 radical (unpaired) electrons. The molecule has 1 aliphatic rings. The number of rotatable bonds is 5. The molecule has 1 fully saturated rings. The first-order chi connectivity index (χ1) is 10.5. The molecule has 1 saturated heterocycles. The second kappa shape index (κ2) is 6.93. The number of aliphatic carboxylic acids is 1. The van der Waals surface area contributed by atoms with Crippen LogP contribution in [0, 0.1) is 0 Å². The molecule has 1 heterocycles. The third-order valence-corrected chi connectivity index (χ3v) is 3.51. The van der Waals surface area contributed by atoms with Gasteiger partial charge in [0.05, 0.1) is 0 Å². The van der Waals surface area contributed by atoms with Gasteiger partial charge in [-0.15, -0.1) is 0 Å². The van der Waals surface area contributed by atoms with Crippen LogP contribution in [-0.2, 0) is 9.59 Å². The van der Waals surface area contributed by atoms with Gasteiger partial charge < -0.3 is 20.5 Å². The number of ether oxygens (including phenoxy) is 1. The van der Waals surface area contributed by atoms with Crippen LogP contribution in [0.3, 0.4) is 0 Å². The molecule has 7 heteroatoms. The summed E-state index contributed by atoms with van der Waals surface area (Å²) >= 11 is 0. The second-order valence-corrected chi connectivity index (χ2v) is 5.13. The number of nitrogens with two attached hydrogens (primary N) is 1. The molecular formula is C15H18N2O5. The zero-order valence-electron chi connectivity index (χ0n) is 12.0. The summed E-state index contributed by atoms with van der Waals surface area (Å²) in [6, 6.07) is 5.50. The van der Waals surface area contributed by atoms with E-state index in [0.717, 1.165) is 12.8 Å². The number of hydrogen-bond donors (Lipinski definition) is 2. The molecule has 2 amide bonds. The predicted octanol–water partition coefficient (Wildman–Crippen LogP) is 0.630. The highest BCUT2D eigenvalue weighted by molar-refractivity contribution is 5.97. The van der Waals surface area contributed by atoms with Crippen LogP contribution in [0.5, 0.6) is 5.75 Å². The lowest BCUT2D eigenvalue weighted by atomic mass is 10.0. The molecule has 2 rings (SSSR count). The Kier molecular flexibility index (Phi) is 4.98. The first kappa shape index (κ1) is 15.8. The number of primary amides is 1. The van der Waals surface area contributed by atoms with Gasteiger partial charge in [-0.05, 0) is 37.5 Å². The monoisotopic (exact) mass is 306 g/mol. The molecule has 0 aliphatic carbocycles. The standard InChI is InChI=1S/C15H18N2O5/c16-13(18)9-22-11-5-3-4-10(8-11)14(19)17-7-2-1-6-12(17)15(20)21/h3-5,8,12H,1-2,6-7,9H2,(H2,16,18)(H,20,21). The van der Waals surface area contributed by atoms with Crippen molar-refractivity contribution < 1.29 is 24.2 Å². The molecule has 1 aromatic carbocycles. The van der Waals surface area contributed by atoms with E-state index in [9.17, 15) is 19.5 Å². The number of carboxylic acid groups (broad SMARTS) is 1. The summed E-state index contributed by atoms with van der Waals surface area (Å²) in [5, 5.41) is 9.23. The number of piperidine rings is 1. The summed E-state index contributed by atoms with van der Waals surface area (Å²) < 4.78 is 5.16. The lowest BCUT2D eigenvalue weighted by molar-refractivity contribution is -0.143. The summed E-state index contributed by atoms with van der Waals surface area (Å²) in [5.74, 6) is -1.61. The fraction of sp³-hybridized carbons (Fsp3) is 0.400. The van der Waals surface area contributed by atoms with E-state index in [-0.39, 0.29) is 12.5 Å². The quantitative estimate of drug-likeness (QED) is 0.829. The predicted molar refractivity (Wildman–Crippen MR) is 77.4 cm³/mol. The second-order valence-electron chi connectivity index (χ2n) is 5.13. The summed E-state index contributed by atoms with van der Waals surface area (Å²) in [5.41, 5.74) is 5.33. The average molecular weight is 306 g/mol. The number of carbonyl (C=O) groups excluding carboxylic acids is 2. The van der Waals surface area contributed by atoms with E-state index in [1.165, 1.54) is 11.0 Å². The van der Waals surface area contributed by atoms with Gasteiger partial charge in [0.25, 0.3) is 11.8 Å². The van der Waals surface area contributed by atoms with E-state index in [1.807, 2.05) is 0 Å². The maximum Gasteiger partial charge on any atom is 0.326 e. The maximum absolute atomic E-state index is 12.5. The Hall–Kier alpha value is -2.57. The lowest BCUT2D eigenvalue weighted by Gasteiger charge is -2.33. The van der Waals surface area contributed by atoms with Crippen LogP contribution in [0.4, 0.5) is 0 Å². The molecule has 0 aromatic heterocycles. The van der Waals surface area contributed by atoms with E-state index in [4.69, 9.17) is 10.5 Å². The van der Waals surface area contributed by atoms with E-state index in [0.29, 0.717) is 24.3 Å². The van der Waals surface area contributed by atoms with Crippen LogP contribution in [-0.4, -0.2) is 47.0 Å². The highest BCUT2D eigenvalue weighted by Crippen LogP contribution is 2.22. The van der Waals surface area contributed by atoms with Crippen molar-refractivity contribution in [3.8, 4) is 5.75 Å². The third-order valence-electron chi connectivity index (χ3n) is 3.51. The Bertz CT molecular complexity index is 587. The van der Waals surface area contributed by atoms with Crippen LogP contribution < -0.4 is 10.5 Å². The minimum Gasteiger partial charge on any atom is -0.484 e. The smallest absolute Gasteiger partial charge is 0.326 e. The van der Waals surface area contributed by atoms with Crippen LogP contribution in [0.2, 0.25) is 0 Å². The number of likely N-dealkylation sites (tertiary alicyclic amines) is 1. The van der Waals surface area contributed by atoms with Crippen molar-refractivity contribution in [2.75, 3.05) is 13.2 Å². The van der Waals surface area contributed by atoms with Crippen molar-refractivity contribution in [1.29, 1.82) is 0 Å². The van der Waals surface area contributed by atoms with E-state index in [2.05, 4.69) is 0 Å². The van der Waals surface area contributed by atoms with Gasteiger partial charge in [0, 0.05) is 12.1 Å². The number of hydrogen-bond acceptors (Lipinski definition) is 4. The molecule has 1 aliphatic heterocycles. The Morgan fingerprint density at radius 2 is 2.09 bits per heavy atom. The van der Waals surface area contributed by atoms with Crippen molar-refractivity contribution in [3.05, 3.63) is 29.8 Å². The Balaban J connectivity index is 2.15. The van der Waals surface area contributed by atoms with Crippen molar-refractivity contribution >= 4 is 17.8 Å². The normalized spacial score (nSPS) is 17.8. The molecule has 7 nitrogen and oxygen atoms in total. The van der Waals surface area contributed by atoms with Gasteiger partial charge in [-0.2, -0.15) is 0 Å². The number of amides is 2. The fourth-order valence-corrected chi connectivity index (χ4v) is 2.47. The van der Waals surface area contributed by atoms with Gasteiger partial charge in [0.2, 0.25) is 0 Å². The molecule has 118 valence electrons. The Labute approximate surface area is 127 Å². The number of benzene rings is 1.